The zero-order chi connectivity index (χ0) is 15.7. The van der Waals surface area contributed by atoms with Crippen LogP contribution in [0.4, 0.5) is 0 Å². The molecule has 7 nitrogen and oxygen atoms in total. The first kappa shape index (κ1) is 17.7. The molecule has 1 rings (SSSR count). The van der Waals surface area contributed by atoms with Crippen molar-refractivity contribution >= 4 is 10.0 Å². The van der Waals surface area contributed by atoms with E-state index in [1.165, 1.54) is 14.2 Å². The molecular formula is C13H22N2O5S. The van der Waals surface area contributed by atoms with Crippen LogP contribution in [0.1, 0.15) is 0 Å². The SMILES string of the molecule is COCCNCCNS(=O)(=O)c1c(OC)cccc1OC. The molecule has 0 radical (unpaired) electrons. The Morgan fingerprint density at radius 2 is 1.62 bits per heavy atom. The lowest BCUT2D eigenvalue weighted by Crippen LogP contribution is -2.33. The molecule has 8 heteroatoms. The normalized spacial score (nSPS) is 11.4. The highest BCUT2D eigenvalue weighted by atomic mass is 32.2. The maximum absolute atomic E-state index is 12.4. The summed E-state index contributed by atoms with van der Waals surface area (Å²) in [5, 5.41) is 3.05. The first-order valence-corrected chi connectivity index (χ1v) is 7.95. The first-order valence-electron chi connectivity index (χ1n) is 6.47. The summed E-state index contributed by atoms with van der Waals surface area (Å²) in [6.07, 6.45) is 0. The first-order chi connectivity index (χ1) is 10.1. The third-order valence-corrected chi connectivity index (χ3v) is 4.25. The molecule has 0 atom stereocenters. The minimum absolute atomic E-state index is 0.00638. The van der Waals surface area contributed by atoms with E-state index in [-0.39, 0.29) is 22.9 Å². The van der Waals surface area contributed by atoms with Crippen molar-refractivity contribution in [3.63, 3.8) is 0 Å². The molecule has 0 amide bonds. The molecule has 0 heterocycles. The van der Waals surface area contributed by atoms with Gasteiger partial charge in [0.2, 0.25) is 10.0 Å². The van der Waals surface area contributed by atoms with Crippen molar-refractivity contribution in [1.82, 2.24) is 10.0 Å². The molecule has 0 aliphatic rings. The Morgan fingerprint density at radius 3 is 2.14 bits per heavy atom. The second kappa shape index (κ2) is 8.83. The minimum atomic E-state index is -3.71. The van der Waals surface area contributed by atoms with Gasteiger partial charge in [-0.2, -0.15) is 0 Å². The minimum Gasteiger partial charge on any atom is -0.495 e. The van der Waals surface area contributed by atoms with Gasteiger partial charge in [-0.1, -0.05) is 6.07 Å². The number of sulfonamides is 1. The van der Waals surface area contributed by atoms with E-state index in [9.17, 15) is 8.42 Å². The fourth-order valence-electron chi connectivity index (χ4n) is 1.73. The average Bonchev–Trinajstić information content (AvgIpc) is 2.49. The van der Waals surface area contributed by atoms with Crippen molar-refractivity contribution in [2.45, 2.75) is 4.90 Å². The van der Waals surface area contributed by atoms with Crippen LogP contribution in [0.25, 0.3) is 0 Å². The van der Waals surface area contributed by atoms with Gasteiger partial charge in [0, 0.05) is 26.7 Å². The fraction of sp³-hybridized carbons (Fsp3) is 0.538. The predicted molar refractivity (Wildman–Crippen MR) is 79.5 cm³/mol. The topological polar surface area (TPSA) is 85.9 Å². The molecule has 0 saturated carbocycles. The van der Waals surface area contributed by atoms with Gasteiger partial charge < -0.3 is 19.5 Å². The molecule has 0 fully saturated rings. The van der Waals surface area contributed by atoms with Crippen LogP contribution < -0.4 is 19.5 Å². The Labute approximate surface area is 125 Å². The summed E-state index contributed by atoms with van der Waals surface area (Å²) in [6.45, 7) is 2.00. The Kier molecular flexibility index (Phi) is 7.44. The van der Waals surface area contributed by atoms with E-state index in [2.05, 4.69) is 10.0 Å². The van der Waals surface area contributed by atoms with Crippen molar-refractivity contribution < 1.29 is 22.6 Å². The van der Waals surface area contributed by atoms with Crippen molar-refractivity contribution in [3.8, 4) is 11.5 Å². The van der Waals surface area contributed by atoms with Gasteiger partial charge in [-0.15, -0.1) is 0 Å². The maximum Gasteiger partial charge on any atom is 0.248 e. The zero-order valence-electron chi connectivity index (χ0n) is 12.5. The van der Waals surface area contributed by atoms with Crippen LogP contribution >= 0.6 is 0 Å². The third kappa shape index (κ3) is 5.16. The van der Waals surface area contributed by atoms with Gasteiger partial charge in [0.1, 0.15) is 11.5 Å². The molecule has 0 bridgehead atoms. The molecule has 0 aliphatic carbocycles. The van der Waals surface area contributed by atoms with Crippen molar-refractivity contribution in [3.05, 3.63) is 18.2 Å². The summed E-state index contributed by atoms with van der Waals surface area (Å²) in [4.78, 5) is 0.00638. The van der Waals surface area contributed by atoms with Crippen LogP contribution in [0.2, 0.25) is 0 Å². The molecule has 0 spiro atoms. The number of rotatable bonds is 10. The molecule has 0 aliphatic heterocycles. The monoisotopic (exact) mass is 318 g/mol. The molecule has 2 N–H and O–H groups in total. The summed E-state index contributed by atoms with van der Waals surface area (Å²) in [5.74, 6) is 0.489. The van der Waals surface area contributed by atoms with E-state index < -0.39 is 10.0 Å². The van der Waals surface area contributed by atoms with Crippen LogP contribution in [0.3, 0.4) is 0 Å². The lowest BCUT2D eigenvalue weighted by Gasteiger charge is -2.14. The van der Waals surface area contributed by atoms with Gasteiger partial charge in [-0.3, -0.25) is 0 Å². The zero-order valence-corrected chi connectivity index (χ0v) is 13.3. The maximum atomic E-state index is 12.4. The van der Waals surface area contributed by atoms with E-state index >= 15 is 0 Å². The second-order valence-corrected chi connectivity index (χ2v) is 5.84. The number of benzene rings is 1. The Balaban J connectivity index is 2.74. The summed E-state index contributed by atoms with van der Waals surface area (Å²) in [6, 6.07) is 4.82. The Bertz CT molecular complexity index is 511. The predicted octanol–water partition coefficient (Wildman–Crippen LogP) is 0.218. The smallest absolute Gasteiger partial charge is 0.248 e. The van der Waals surface area contributed by atoms with Gasteiger partial charge in [0.15, 0.2) is 4.90 Å². The lowest BCUT2D eigenvalue weighted by atomic mass is 10.3. The highest BCUT2D eigenvalue weighted by Gasteiger charge is 2.23. The molecular weight excluding hydrogens is 296 g/mol. The number of hydrogen-bond donors (Lipinski definition) is 2. The van der Waals surface area contributed by atoms with Crippen LogP contribution in [-0.4, -0.2) is 56.0 Å². The summed E-state index contributed by atoms with van der Waals surface area (Å²) < 4.78 is 42.3. The van der Waals surface area contributed by atoms with Gasteiger partial charge in [-0.05, 0) is 12.1 Å². The molecule has 0 aromatic heterocycles. The van der Waals surface area contributed by atoms with E-state index in [1.807, 2.05) is 0 Å². The highest BCUT2D eigenvalue weighted by Crippen LogP contribution is 2.32. The van der Waals surface area contributed by atoms with Gasteiger partial charge in [-0.25, -0.2) is 13.1 Å². The summed E-state index contributed by atoms with van der Waals surface area (Å²) in [7, 11) is 0.733. The molecule has 120 valence electrons. The Morgan fingerprint density at radius 1 is 1.00 bits per heavy atom. The fourth-order valence-corrected chi connectivity index (χ4v) is 3.07. The number of nitrogens with one attached hydrogen (secondary N) is 2. The number of methoxy groups -OCH3 is 3. The molecule has 0 saturated heterocycles. The standard InChI is InChI=1S/C13H22N2O5S/c1-18-10-9-14-7-8-15-21(16,17)13-11(19-2)5-4-6-12(13)20-3/h4-6,14-15H,7-10H2,1-3H3. The molecule has 21 heavy (non-hydrogen) atoms. The summed E-state index contributed by atoms with van der Waals surface area (Å²) >= 11 is 0. The van der Waals surface area contributed by atoms with E-state index in [4.69, 9.17) is 14.2 Å². The van der Waals surface area contributed by atoms with E-state index in [1.54, 1.807) is 25.3 Å². The van der Waals surface area contributed by atoms with E-state index in [0.717, 1.165) is 0 Å². The van der Waals surface area contributed by atoms with Crippen LogP contribution in [-0.2, 0) is 14.8 Å². The average molecular weight is 318 g/mol. The van der Waals surface area contributed by atoms with Crippen LogP contribution in [0, 0.1) is 0 Å². The van der Waals surface area contributed by atoms with Crippen LogP contribution in [0.5, 0.6) is 11.5 Å². The highest BCUT2D eigenvalue weighted by molar-refractivity contribution is 7.89. The quantitative estimate of drug-likeness (QED) is 0.600. The lowest BCUT2D eigenvalue weighted by molar-refractivity contribution is 0.199. The number of ether oxygens (including phenoxy) is 3. The third-order valence-electron chi connectivity index (χ3n) is 2.73. The van der Waals surface area contributed by atoms with Crippen molar-refractivity contribution in [2.24, 2.45) is 0 Å². The van der Waals surface area contributed by atoms with Crippen LogP contribution in [0.15, 0.2) is 23.1 Å². The molecule has 1 aromatic carbocycles. The van der Waals surface area contributed by atoms with Gasteiger partial charge in [0.05, 0.1) is 20.8 Å². The largest absolute Gasteiger partial charge is 0.495 e. The van der Waals surface area contributed by atoms with Crippen molar-refractivity contribution in [1.29, 1.82) is 0 Å². The Hall–Kier alpha value is -1.35. The van der Waals surface area contributed by atoms with E-state index in [0.29, 0.717) is 19.7 Å². The second-order valence-electron chi connectivity index (χ2n) is 4.13. The van der Waals surface area contributed by atoms with Crippen molar-refractivity contribution in [2.75, 3.05) is 47.6 Å². The summed E-state index contributed by atoms with van der Waals surface area (Å²) in [5.41, 5.74) is 0. The van der Waals surface area contributed by atoms with Gasteiger partial charge >= 0.3 is 0 Å². The van der Waals surface area contributed by atoms with Gasteiger partial charge in [0.25, 0.3) is 0 Å². The molecule has 0 unspecified atom stereocenters. The number of hydrogen-bond acceptors (Lipinski definition) is 6. The molecule has 1 aromatic rings.